The predicted octanol–water partition coefficient (Wildman–Crippen LogP) is 1.84. The molecular formula is C11H13BrClNO5. The van der Waals surface area contributed by atoms with E-state index in [2.05, 4.69) is 20.7 Å². The fraction of sp³-hybridized carbons (Fsp3) is 0.273. The molecule has 0 aliphatic heterocycles. The maximum Gasteiger partial charge on any atom is 0.339 e. The van der Waals surface area contributed by atoms with Crippen LogP contribution < -0.4 is 5.73 Å². The molecule has 106 valence electrons. The van der Waals surface area contributed by atoms with Gasteiger partial charge in [0, 0.05) is 16.1 Å². The van der Waals surface area contributed by atoms with E-state index in [1.807, 2.05) is 0 Å². The van der Waals surface area contributed by atoms with Crippen molar-refractivity contribution in [1.29, 1.82) is 0 Å². The summed E-state index contributed by atoms with van der Waals surface area (Å²) in [5.74, 6) is -2.27. The topological polar surface area (TPSA) is 110 Å². The van der Waals surface area contributed by atoms with Crippen molar-refractivity contribution < 1.29 is 24.5 Å². The Labute approximate surface area is 124 Å². The number of aromatic carboxylic acids is 1. The molecule has 0 saturated carbocycles. The van der Waals surface area contributed by atoms with E-state index in [0.29, 0.717) is 4.47 Å². The van der Waals surface area contributed by atoms with Crippen LogP contribution in [0.15, 0.2) is 16.6 Å². The Morgan fingerprint density at radius 2 is 2.05 bits per heavy atom. The molecule has 0 amide bonds. The zero-order chi connectivity index (χ0) is 13.9. The van der Waals surface area contributed by atoms with Gasteiger partial charge in [-0.3, -0.25) is 4.79 Å². The van der Waals surface area contributed by atoms with Crippen LogP contribution in [-0.4, -0.2) is 29.3 Å². The molecule has 1 rings (SSSR count). The smallest absolute Gasteiger partial charge is 0.339 e. The minimum atomic E-state index is -1.27. The van der Waals surface area contributed by atoms with Crippen molar-refractivity contribution in [3.05, 3.63) is 27.7 Å². The van der Waals surface area contributed by atoms with E-state index < -0.39 is 23.7 Å². The lowest BCUT2D eigenvalue weighted by molar-refractivity contribution is -0.141. The number of benzene rings is 1. The molecule has 19 heavy (non-hydrogen) atoms. The number of carboxylic acid groups (broad SMARTS) is 1. The SMILES string of the molecule is COC(=O)C[C@@H](N)c1c(Br)ccc(C(=O)O)c1O.Cl. The Morgan fingerprint density at radius 1 is 1.47 bits per heavy atom. The molecule has 0 bridgehead atoms. The predicted molar refractivity (Wildman–Crippen MR) is 73.6 cm³/mol. The van der Waals surface area contributed by atoms with Crippen molar-refractivity contribution in [2.45, 2.75) is 12.5 Å². The molecule has 6 nitrogen and oxygen atoms in total. The van der Waals surface area contributed by atoms with E-state index in [1.165, 1.54) is 19.2 Å². The largest absolute Gasteiger partial charge is 0.507 e. The summed E-state index contributed by atoms with van der Waals surface area (Å²) in [6.07, 6.45) is -0.161. The second-order valence-electron chi connectivity index (χ2n) is 3.55. The number of carboxylic acids is 1. The summed E-state index contributed by atoms with van der Waals surface area (Å²) in [7, 11) is 1.22. The lowest BCUT2D eigenvalue weighted by Gasteiger charge is -2.15. The first kappa shape index (κ1) is 17.7. The fourth-order valence-electron chi connectivity index (χ4n) is 1.47. The summed E-state index contributed by atoms with van der Waals surface area (Å²) in [5.41, 5.74) is 5.66. The highest BCUT2D eigenvalue weighted by Crippen LogP contribution is 2.35. The third kappa shape index (κ3) is 4.09. The van der Waals surface area contributed by atoms with E-state index in [9.17, 15) is 14.7 Å². The number of hydrogen-bond acceptors (Lipinski definition) is 5. The summed E-state index contributed by atoms with van der Waals surface area (Å²) < 4.78 is 4.90. The summed E-state index contributed by atoms with van der Waals surface area (Å²) in [4.78, 5) is 22.0. The molecule has 0 radical (unpaired) electrons. The van der Waals surface area contributed by atoms with E-state index in [4.69, 9.17) is 10.8 Å². The first-order chi connectivity index (χ1) is 8.38. The van der Waals surface area contributed by atoms with E-state index in [-0.39, 0.29) is 30.0 Å². The van der Waals surface area contributed by atoms with Gasteiger partial charge in [0.1, 0.15) is 11.3 Å². The molecule has 4 N–H and O–H groups in total. The highest BCUT2D eigenvalue weighted by atomic mass is 79.9. The number of carbonyl (C=O) groups is 2. The van der Waals surface area contributed by atoms with Gasteiger partial charge < -0.3 is 20.7 Å². The number of rotatable bonds is 4. The molecule has 1 atom stereocenters. The van der Waals surface area contributed by atoms with Crippen molar-refractivity contribution in [3.8, 4) is 5.75 Å². The zero-order valence-corrected chi connectivity index (χ0v) is 12.3. The van der Waals surface area contributed by atoms with Crippen molar-refractivity contribution in [1.82, 2.24) is 0 Å². The first-order valence-electron chi connectivity index (χ1n) is 4.95. The molecule has 0 spiro atoms. The van der Waals surface area contributed by atoms with Crippen LogP contribution >= 0.6 is 28.3 Å². The molecule has 0 saturated heterocycles. The molecule has 0 heterocycles. The van der Waals surface area contributed by atoms with Gasteiger partial charge in [-0.25, -0.2) is 4.79 Å². The number of halogens is 2. The van der Waals surface area contributed by atoms with Gasteiger partial charge in [0.2, 0.25) is 0 Å². The van der Waals surface area contributed by atoms with E-state index in [1.54, 1.807) is 0 Å². The molecule has 1 aromatic rings. The molecule has 8 heteroatoms. The molecule has 0 fully saturated rings. The van der Waals surface area contributed by atoms with Crippen LogP contribution in [-0.2, 0) is 9.53 Å². The molecule has 0 aromatic heterocycles. The monoisotopic (exact) mass is 353 g/mol. The summed E-state index contributed by atoms with van der Waals surface area (Å²) in [5, 5.41) is 18.7. The number of methoxy groups -OCH3 is 1. The van der Waals surface area contributed by atoms with Gasteiger partial charge in [-0.05, 0) is 12.1 Å². The number of esters is 1. The van der Waals surface area contributed by atoms with E-state index >= 15 is 0 Å². The average molecular weight is 355 g/mol. The number of ether oxygens (including phenoxy) is 1. The average Bonchev–Trinajstić information content (AvgIpc) is 2.28. The number of phenols is 1. The van der Waals surface area contributed by atoms with Crippen LogP contribution in [0.3, 0.4) is 0 Å². The Hall–Kier alpha value is -1.31. The second kappa shape index (κ2) is 7.32. The van der Waals surface area contributed by atoms with Gasteiger partial charge in [0.05, 0.1) is 13.5 Å². The van der Waals surface area contributed by atoms with Crippen LogP contribution in [0.5, 0.6) is 5.75 Å². The van der Waals surface area contributed by atoms with Crippen molar-refractivity contribution in [2.24, 2.45) is 5.73 Å². The Kier molecular flexibility index (Phi) is 6.82. The third-order valence-electron chi connectivity index (χ3n) is 2.38. The summed E-state index contributed by atoms with van der Waals surface area (Å²) >= 11 is 3.16. The van der Waals surface area contributed by atoms with Crippen molar-refractivity contribution in [3.63, 3.8) is 0 Å². The number of hydrogen-bond donors (Lipinski definition) is 3. The zero-order valence-electron chi connectivity index (χ0n) is 9.92. The van der Waals surface area contributed by atoms with Crippen LogP contribution in [0.2, 0.25) is 0 Å². The maximum atomic E-state index is 11.1. The third-order valence-corrected chi connectivity index (χ3v) is 3.07. The Bertz CT molecular complexity index is 494. The highest BCUT2D eigenvalue weighted by Gasteiger charge is 2.22. The first-order valence-corrected chi connectivity index (χ1v) is 5.74. The lowest BCUT2D eigenvalue weighted by atomic mass is 10.0. The van der Waals surface area contributed by atoms with Crippen LogP contribution in [0.25, 0.3) is 0 Å². The second-order valence-corrected chi connectivity index (χ2v) is 4.40. The number of carbonyl (C=O) groups excluding carboxylic acids is 1. The van der Waals surface area contributed by atoms with Gasteiger partial charge in [-0.1, -0.05) is 15.9 Å². The molecule has 0 aliphatic rings. The Balaban J connectivity index is 0.00000324. The minimum absolute atomic E-state index is 0. The molecule has 0 unspecified atom stereocenters. The van der Waals surface area contributed by atoms with Gasteiger partial charge >= 0.3 is 11.9 Å². The summed E-state index contributed by atoms with van der Waals surface area (Å²) in [6, 6.07) is 1.84. The van der Waals surface area contributed by atoms with Gasteiger partial charge in [0.15, 0.2) is 0 Å². The standard InChI is InChI=1S/C11H12BrNO5.ClH/c1-18-8(14)4-7(13)9-6(12)3-2-5(10(9)15)11(16)17;/h2-3,7,15H,4,13H2,1H3,(H,16,17);1H/t7-;/m1./s1. The lowest BCUT2D eigenvalue weighted by Crippen LogP contribution is -2.17. The minimum Gasteiger partial charge on any atom is -0.507 e. The molecule has 0 aliphatic carbocycles. The van der Waals surface area contributed by atoms with Crippen molar-refractivity contribution in [2.75, 3.05) is 7.11 Å². The number of nitrogens with two attached hydrogens (primary N) is 1. The number of aromatic hydroxyl groups is 1. The van der Waals surface area contributed by atoms with Gasteiger partial charge in [-0.15, -0.1) is 12.4 Å². The van der Waals surface area contributed by atoms with Crippen LogP contribution in [0.4, 0.5) is 0 Å². The van der Waals surface area contributed by atoms with Crippen molar-refractivity contribution >= 4 is 40.3 Å². The Morgan fingerprint density at radius 3 is 2.53 bits per heavy atom. The normalized spacial score (nSPS) is 11.3. The molecular weight excluding hydrogens is 341 g/mol. The van der Waals surface area contributed by atoms with Gasteiger partial charge in [0.25, 0.3) is 0 Å². The van der Waals surface area contributed by atoms with E-state index in [0.717, 1.165) is 0 Å². The highest BCUT2D eigenvalue weighted by molar-refractivity contribution is 9.10. The van der Waals surface area contributed by atoms with Crippen LogP contribution in [0, 0.1) is 0 Å². The van der Waals surface area contributed by atoms with Crippen LogP contribution in [0.1, 0.15) is 28.4 Å². The van der Waals surface area contributed by atoms with Gasteiger partial charge in [-0.2, -0.15) is 0 Å². The molecule has 1 aromatic carbocycles. The summed E-state index contributed by atoms with van der Waals surface area (Å²) in [6.45, 7) is 0. The maximum absolute atomic E-state index is 11.1. The quantitative estimate of drug-likeness (QED) is 0.712. The fourth-order valence-corrected chi connectivity index (χ4v) is 2.09.